The molecule has 0 unspecified atom stereocenters. The summed E-state index contributed by atoms with van der Waals surface area (Å²) in [4.78, 5) is 32.2. The van der Waals surface area contributed by atoms with Crippen LogP contribution in [0.1, 0.15) is 29.2 Å². The lowest BCUT2D eigenvalue weighted by Crippen LogP contribution is -2.37. The summed E-state index contributed by atoms with van der Waals surface area (Å²) in [5.41, 5.74) is 5.99. The lowest BCUT2D eigenvalue weighted by molar-refractivity contribution is -0.121. The number of carbonyl (C=O) groups excluding carboxylic acids is 2. The van der Waals surface area contributed by atoms with Gasteiger partial charge in [0.15, 0.2) is 0 Å². The van der Waals surface area contributed by atoms with Crippen LogP contribution in [0, 0.1) is 6.92 Å². The third kappa shape index (κ3) is 4.09. The van der Waals surface area contributed by atoms with Gasteiger partial charge in [-0.05, 0) is 60.7 Å². The zero-order valence-corrected chi connectivity index (χ0v) is 19.7. The van der Waals surface area contributed by atoms with Gasteiger partial charge in [-0.1, -0.05) is 72.8 Å². The lowest BCUT2D eigenvalue weighted by atomic mass is 9.99. The molecule has 3 aromatic rings. The molecule has 2 aliphatic heterocycles. The van der Waals surface area contributed by atoms with Crippen molar-refractivity contribution in [1.82, 2.24) is 4.90 Å². The fourth-order valence-electron chi connectivity index (χ4n) is 4.39. The molecule has 2 amide bonds. The number of carbonyl (C=O) groups is 2. The smallest absolute Gasteiger partial charge is 0.283 e. The van der Waals surface area contributed by atoms with Crippen molar-refractivity contribution in [2.45, 2.75) is 38.1 Å². The number of nitrogens with zero attached hydrogens (tertiary/aromatic N) is 2. The summed E-state index contributed by atoms with van der Waals surface area (Å²) in [6, 6.07) is 24.1. The number of imide groups is 1. The number of thioether (sulfide) groups is 1. The number of fused-ring (bicyclic) bond motifs is 1. The van der Waals surface area contributed by atoms with Gasteiger partial charge in [0.05, 0.1) is 5.69 Å². The summed E-state index contributed by atoms with van der Waals surface area (Å²) in [6.07, 6.45) is 1.77. The Morgan fingerprint density at radius 3 is 2.24 bits per heavy atom. The summed E-state index contributed by atoms with van der Waals surface area (Å²) < 4.78 is 0. The number of hydrogen-bond acceptors (Lipinski definition) is 4. The van der Waals surface area contributed by atoms with Gasteiger partial charge in [0.25, 0.3) is 11.8 Å². The van der Waals surface area contributed by atoms with Crippen LogP contribution in [-0.2, 0) is 29.0 Å². The molecule has 4 nitrogen and oxygen atoms in total. The van der Waals surface area contributed by atoms with Crippen molar-refractivity contribution in [3.8, 4) is 0 Å². The molecule has 0 fully saturated rings. The highest BCUT2D eigenvalue weighted by Gasteiger charge is 2.43. The maximum Gasteiger partial charge on any atom is 0.283 e. The summed E-state index contributed by atoms with van der Waals surface area (Å²) in [5.74, 6) is -0.484. The number of benzene rings is 3. The Hall–Kier alpha value is -3.31. The number of hydrogen-bond donors (Lipinski definition) is 0. The van der Waals surface area contributed by atoms with Gasteiger partial charge in [-0.3, -0.25) is 9.59 Å². The van der Waals surface area contributed by atoms with Gasteiger partial charge < -0.3 is 4.90 Å². The normalized spacial score (nSPS) is 15.9. The first-order chi connectivity index (χ1) is 16.0. The Kier molecular flexibility index (Phi) is 5.81. The molecular formula is C28H26N2O2S. The molecule has 3 aromatic carbocycles. The van der Waals surface area contributed by atoms with Crippen molar-refractivity contribution >= 4 is 29.3 Å². The second-order valence-electron chi connectivity index (χ2n) is 8.50. The SMILES string of the molecule is CCc1ccc(N2C(=O)C(Sc3ccc(C)cc3)=C(N3CCc4ccccc4C3)C2=O)cc1. The van der Waals surface area contributed by atoms with Crippen molar-refractivity contribution < 1.29 is 9.59 Å². The van der Waals surface area contributed by atoms with Crippen molar-refractivity contribution in [3.63, 3.8) is 0 Å². The summed E-state index contributed by atoms with van der Waals surface area (Å²) >= 11 is 1.39. The molecule has 0 aromatic heterocycles. The number of rotatable bonds is 5. The fourth-order valence-corrected chi connectivity index (χ4v) is 5.39. The largest absolute Gasteiger partial charge is 0.361 e. The Labute approximate surface area is 198 Å². The van der Waals surface area contributed by atoms with E-state index in [9.17, 15) is 9.59 Å². The van der Waals surface area contributed by atoms with Crippen LogP contribution in [0.5, 0.6) is 0 Å². The van der Waals surface area contributed by atoms with Gasteiger partial charge in [-0.15, -0.1) is 0 Å². The lowest BCUT2D eigenvalue weighted by Gasteiger charge is -2.31. The third-order valence-corrected chi connectivity index (χ3v) is 7.39. The molecule has 33 heavy (non-hydrogen) atoms. The number of aryl methyl sites for hydroxylation is 2. The van der Waals surface area contributed by atoms with Crippen molar-refractivity contribution in [2.75, 3.05) is 11.4 Å². The quantitative estimate of drug-likeness (QED) is 0.478. The van der Waals surface area contributed by atoms with Crippen LogP contribution in [0.2, 0.25) is 0 Å². The summed E-state index contributed by atoms with van der Waals surface area (Å²) in [7, 11) is 0. The van der Waals surface area contributed by atoms with E-state index in [2.05, 4.69) is 30.0 Å². The molecule has 0 aliphatic carbocycles. The molecular weight excluding hydrogens is 428 g/mol. The predicted molar refractivity (Wildman–Crippen MR) is 133 cm³/mol. The van der Waals surface area contributed by atoms with E-state index in [-0.39, 0.29) is 11.8 Å². The van der Waals surface area contributed by atoms with Gasteiger partial charge >= 0.3 is 0 Å². The molecule has 2 heterocycles. The maximum absolute atomic E-state index is 13.7. The molecule has 2 aliphatic rings. The minimum absolute atomic E-state index is 0.238. The Bertz CT molecular complexity index is 1250. The first kappa shape index (κ1) is 21.5. The fraction of sp³-hybridized carbons (Fsp3) is 0.214. The first-order valence-corrected chi connectivity index (χ1v) is 12.1. The number of amides is 2. The average Bonchev–Trinajstić information content (AvgIpc) is 3.09. The van der Waals surface area contributed by atoms with E-state index in [1.807, 2.05) is 61.5 Å². The molecule has 0 saturated carbocycles. The molecule has 0 radical (unpaired) electrons. The van der Waals surface area contributed by atoms with Gasteiger partial charge in [0.2, 0.25) is 0 Å². The van der Waals surface area contributed by atoms with Crippen molar-refractivity contribution in [3.05, 3.63) is 106 Å². The summed E-state index contributed by atoms with van der Waals surface area (Å²) in [6.45, 7) is 5.47. The molecule has 166 valence electrons. The van der Waals surface area contributed by atoms with E-state index in [4.69, 9.17) is 0 Å². The van der Waals surface area contributed by atoms with E-state index < -0.39 is 0 Å². The summed E-state index contributed by atoms with van der Waals surface area (Å²) in [5, 5.41) is 0. The molecule has 0 saturated heterocycles. The monoisotopic (exact) mass is 454 g/mol. The standard InChI is InChI=1S/C28H26N2O2S/c1-3-20-10-12-23(13-11-20)30-27(31)25(29-17-16-21-6-4-5-7-22(21)18-29)26(28(30)32)33-24-14-8-19(2)9-15-24/h4-15H,3,16-18H2,1-2H3. The van der Waals surface area contributed by atoms with Crippen LogP contribution in [-0.4, -0.2) is 23.3 Å². The van der Waals surface area contributed by atoms with Crippen LogP contribution in [0.25, 0.3) is 0 Å². The second kappa shape index (κ2) is 8.91. The number of anilines is 1. The van der Waals surface area contributed by atoms with Crippen LogP contribution in [0.4, 0.5) is 5.69 Å². The zero-order chi connectivity index (χ0) is 22.9. The minimum Gasteiger partial charge on any atom is -0.361 e. The molecule has 5 rings (SSSR count). The highest BCUT2D eigenvalue weighted by Crippen LogP contribution is 2.40. The second-order valence-corrected chi connectivity index (χ2v) is 9.58. The Morgan fingerprint density at radius 1 is 0.848 bits per heavy atom. The van der Waals surface area contributed by atoms with E-state index in [0.717, 1.165) is 23.3 Å². The van der Waals surface area contributed by atoms with E-state index >= 15 is 0 Å². The topological polar surface area (TPSA) is 40.6 Å². The van der Waals surface area contributed by atoms with Gasteiger partial charge in [-0.2, -0.15) is 0 Å². The average molecular weight is 455 g/mol. The van der Waals surface area contributed by atoms with Crippen LogP contribution in [0.3, 0.4) is 0 Å². The van der Waals surface area contributed by atoms with Crippen molar-refractivity contribution in [2.24, 2.45) is 0 Å². The molecule has 0 atom stereocenters. The first-order valence-electron chi connectivity index (χ1n) is 11.3. The van der Waals surface area contributed by atoms with E-state index in [1.165, 1.54) is 33.4 Å². The van der Waals surface area contributed by atoms with E-state index in [0.29, 0.717) is 29.4 Å². The highest BCUT2D eigenvalue weighted by molar-refractivity contribution is 8.04. The van der Waals surface area contributed by atoms with Crippen LogP contribution < -0.4 is 4.90 Å². The minimum atomic E-state index is -0.247. The van der Waals surface area contributed by atoms with Crippen molar-refractivity contribution in [1.29, 1.82) is 0 Å². The predicted octanol–water partition coefficient (Wildman–Crippen LogP) is 5.49. The molecule has 5 heteroatoms. The van der Waals surface area contributed by atoms with Gasteiger partial charge in [0.1, 0.15) is 10.6 Å². The van der Waals surface area contributed by atoms with Crippen LogP contribution in [0.15, 0.2) is 88.3 Å². The van der Waals surface area contributed by atoms with E-state index in [1.54, 1.807) is 0 Å². The maximum atomic E-state index is 13.7. The zero-order valence-electron chi connectivity index (χ0n) is 18.9. The highest BCUT2D eigenvalue weighted by atomic mass is 32.2. The third-order valence-electron chi connectivity index (χ3n) is 6.31. The molecule has 0 N–H and O–H groups in total. The Morgan fingerprint density at radius 2 is 1.55 bits per heavy atom. The Balaban J connectivity index is 1.54. The van der Waals surface area contributed by atoms with Gasteiger partial charge in [0, 0.05) is 18.0 Å². The molecule has 0 bridgehead atoms. The molecule has 0 spiro atoms. The van der Waals surface area contributed by atoms with Gasteiger partial charge in [-0.25, -0.2) is 4.90 Å². The van der Waals surface area contributed by atoms with Crippen LogP contribution >= 0.6 is 11.8 Å².